The molecule has 0 fully saturated rings. The molecule has 2 rings (SSSR count). The molecule has 0 radical (unpaired) electrons. The van der Waals surface area contributed by atoms with Gasteiger partial charge in [-0.05, 0) is 28.1 Å². The summed E-state index contributed by atoms with van der Waals surface area (Å²) in [6.45, 7) is 0. The zero-order valence-corrected chi connectivity index (χ0v) is 9.81. The molecular weight excluding hydrogens is 264 g/mol. The first-order chi connectivity index (χ1) is 6.76. The summed E-state index contributed by atoms with van der Waals surface area (Å²) in [5.74, 6) is 0. The molecular formula is C10H7BrO2S. The van der Waals surface area contributed by atoms with Crippen LogP contribution in [-0.4, -0.2) is 13.4 Å². The van der Waals surface area contributed by atoms with Gasteiger partial charge < -0.3 is 4.74 Å². The van der Waals surface area contributed by atoms with Crippen LogP contribution in [0, 0.1) is 0 Å². The molecule has 14 heavy (non-hydrogen) atoms. The fourth-order valence-electron chi connectivity index (χ4n) is 1.26. The molecule has 0 bridgehead atoms. The smallest absolute Gasteiger partial charge is 0.174 e. The van der Waals surface area contributed by atoms with E-state index in [1.807, 2.05) is 12.1 Å². The number of fused-ring (bicyclic) bond motifs is 1. The van der Waals surface area contributed by atoms with Crippen molar-refractivity contribution in [1.29, 1.82) is 0 Å². The van der Waals surface area contributed by atoms with Gasteiger partial charge in [0.15, 0.2) is 11.3 Å². The standard InChI is InChI=1S/C10H7BrO2S/c1-13-9-4-7-8(14-9)3-2-6(5-12)10(7)11/h2-5H,1H3. The summed E-state index contributed by atoms with van der Waals surface area (Å²) in [4.78, 5) is 10.7. The highest BCUT2D eigenvalue weighted by atomic mass is 79.9. The zero-order valence-electron chi connectivity index (χ0n) is 7.41. The Kier molecular flexibility index (Phi) is 2.56. The molecule has 0 unspecified atom stereocenters. The van der Waals surface area contributed by atoms with Crippen molar-refractivity contribution in [3.05, 3.63) is 28.2 Å². The highest BCUT2D eigenvalue weighted by molar-refractivity contribution is 9.10. The molecule has 0 N–H and O–H groups in total. The highest BCUT2D eigenvalue weighted by Crippen LogP contribution is 2.36. The van der Waals surface area contributed by atoms with Crippen LogP contribution >= 0.6 is 27.3 Å². The maximum Gasteiger partial charge on any atom is 0.174 e. The summed E-state index contributed by atoms with van der Waals surface area (Å²) in [5, 5.41) is 1.88. The highest BCUT2D eigenvalue weighted by Gasteiger charge is 2.08. The third-order valence-corrected chi connectivity index (χ3v) is 3.92. The number of carbonyl (C=O) groups excluding carboxylic acids is 1. The molecule has 1 heterocycles. The van der Waals surface area contributed by atoms with Crippen molar-refractivity contribution in [1.82, 2.24) is 0 Å². The van der Waals surface area contributed by atoms with E-state index in [0.29, 0.717) is 5.56 Å². The maximum absolute atomic E-state index is 10.7. The molecule has 0 spiro atoms. The van der Waals surface area contributed by atoms with E-state index in [2.05, 4.69) is 15.9 Å². The van der Waals surface area contributed by atoms with E-state index in [1.54, 1.807) is 24.5 Å². The number of ether oxygens (including phenoxy) is 1. The average Bonchev–Trinajstić information content (AvgIpc) is 2.62. The van der Waals surface area contributed by atoms with Gasteiger partial charge in [-0.25, -0.2) is 0 Å². The lowest BCUT2D eigenvalue weighted by molar-refractivity contribution is 0.112. The van der Waals surface area contributed by atoms with Crippen LogP contribution in [0.25, 0.3) is 10.1 Å². The zero-order chi connectivity index (χ0) is 10.1. The third kappa shape index (κ3) is 1.44. The van der Waals surface area contributed by atoms with Crippen LogP contribution in [-0.2, 0) is 0 Å². The van der Waals surface area contributed by atoms with E-state index in [1.165, 1.54) is 0 Å². The van der Waals surface area contributed by atoms with Crippen LogP contribution in [0.15, 0.2) is 22.7 Å². The predicted molar refractivity (Wildman–Crippen MR) is 61.5 cm³/mol. The van der Waals surface area contributed by atoms with Crippen molar-refractivity contribution < 1.29 is 9.53 Å². The fourth-order valence-corrected chi connectivity index (χ4v) is 2.83. The molecule has 0 amide bonds. The SMILES string of the molecule is COc1cc2c(Br)c(C=O)ccc2s1. The molecule has 2 nitrogen and oxygen atoms in total. The van der Waals surface area contributed by atoms with Crippen molar-refractivity contribution in [2.24, 2.45) is 0 Å². The van der Waals surface area contributed by atoms with Crippen molar-refractivity contribution in [2.75, 3.05) is 7.11 Å². The molecule has 0 saturated heterocycles. The van der Waals surface area contributed by atoms with Crippen LogP contribution in [0.5, 0.6) is 5.06 Å². The van der Waals surface area contributed by atoms with E-state index < -0.39 is 0 Å². The van der Waals surface area contributed by atoms with Crippen LogP contribution < -0.4 is 4.74 Å². The predicted octanol–water partition coefficient (Wildman–Crippen LogP) is 3.48. The lowest BCUT2D eigenvalue weighted by Gasteiger charge is -1.96. The minimum absolute atomic E-state index is 0.665. The summed E-state index contributed by atoms with van der Waals surface area (Å²) in [5.41, 5.74) is 0.665. The Morgan fingerprint density at radius 1 is 1.50 bits per heavy atom. The monoisotopic (exact) mass is 270 g/mol. The van der Waals surface area contributed by atoms with Crippen LogP contribution in [0.4, 0.5) is 0 Å². The maximum atomic E-state index is 10.7. The first kappa shape index (κ1) is 9.68. The Bertz CT molecular complexity index is 490. The van der Waals surface area contributed by atoms with Crippen molar-refractivity contribution >= 4 is 43.6 Å². The van der Waals surface area contributed by atoms with E-state index in [0.717, 1.165) is 25.9 Å². The molecule has 0 atom stereocenters. The first-order valence-corrected chi connectivity index (χ1v) is 5.58. The van der Waals surface area contributed by atoms with E-state index in [-0.39, 0.29) is 0 Å². The van der Waals surface area contributed by atoms with Gasteiger partial charge in [0.25, 0.3) is 0 Å². The summed E-state index contributed by atoms with van der Waals surface area (Å²) >= 11 is 4.97. The van der Waals surface area contributed by atoms with Gasteiger partial charge in [-0.15, -0.1) is 0 Å². The van der Waals surface area contributed by atoms with E-state index in [4.69, 9.17) is 4.74 Å². The van der Waals surface area contributed by atoms with Crippen LogP contribution in [0.2, 0.25) is 0 Å². The number of rotatable bonds is 2. The molecule has 0 aliphatic rings. The van der Waals surface area contributed by atoms with Gasteiger partial charge >= 0.3 is 0 Å². The lowest BCUT2D eigenvalue weighted by Crippen LogP contribution is -1.80. The number of halogens is 1. The van der Waals surface area contributed by atoms with Crippen molar-refractivity contribution in [3.63, 3.8) is 0 Å². The second kappa shape index (κ2) is 3.71. The summed E-state index contributed by atoms with van der Waals surface area (Å²) in [6, 6.07) is 5.66. The van der Waals surface area contributed by atoms with Gasteiger partial charge in [-0.1, -0.05) is 11.3 Å². The second-order valence-electron chi connectivity index (χ2n) is 2.77. The first-order valence-electron chi connectivity index (χ1n) is 3.97. The number of hydrogen-bond donors (Lipinski definition) is 0. The number of hydrogen-bond acceptors (Lipinski definition) is 3. The lowest BCUT2D eigenvalue weighted by atomic mass is 10.2. The normalized spacial score (nSPS) is 10.4. The second-order valence-corrected chi connectivity index (χ2v) is 4.61. The molecule has 4 heteroatoms. The molecule has 0 saturated carbocycles. The van der Waals surface area contributed by atoms with Gasteiger partial charge in [0.2, 0.25) is 0 Å². The van der Waals surface area contributed by atoms with Gasteiger partial charge in [0.05, 0.1) is 7.11 Å². The van der Waals surface area contributed by atoms with Gasteiger partial charge in [0.1, 0.15) is 0 Å². The summed E-state index contributed by atoms with van der Waals surface area (Å²) in [6.07, 6.45) is 0.841. The Morgan fingerprint density at radius 2 is 2.29 bits per heavy atom. The van der Waals surface area contributed by atoms with Crippen LogP contribution in [0.1, 0.15) is 10.4 Å². The molecule has 72 valence electrons. The Morgan fingerprint density at radius 3 is 2.93 bits per heavy atom. The topological polar surface area (TPSA) is 26.3 Å². The van der Waals surface area contributed by atoms with Crippen molar-refractivity contribution in [2.45, 2.75) is 0 Å². The molecule has 0 aliphatic carbocycles. The van der Waals surface area contributed by atoms with Gasteiger partial charge in [0, 0.05) is 26.2 Å². The summed E-state index contributed by atoms with van der Waals surface area (Å²) in [7, 11) is 1.64. The molecule has 2 aromatic rings. The Balaban J connectivity index is 2.74. The van der Waals surface area contributed by atoms with Gasteiger partial charge in [-0.2, -0.15) is 0 Å². The molecule has 1 aromatic carbocycles. The van der Waals surface area contributed by atoms with Gasteiger partial charge in [-0.3, -0.25) is 4.79 Å². The fraction of sp³-hybridized carbons (Fsp3) is 0.100. The van der Waals surface area contributed by atoms with Crippen LogP contribution in [0.3, 0.4) is 0 Å². The third-order valence-electron chi connectivity index (χ3n) is 1.97. The van der Waals surface area contributed by atoms with E-state index >= 15 is 0 Å². The minimum atomic E-state index is 0.665. The van der Waals surface area contributed by atoms with E-state index in [9.17, 15) is 4.79 Å². The Hall–Kier alpha value is -0.870. The number of benzene rings is 1. The Labute approximate surface area is 93.6 Å². The summed E-state index contributed by atoms with van der Waals surface area (Å²) < 4.78 is 7.09. The molecule has 1 aromatic heterocycles. The number of methoxy groups -OCH3 is 1. The quantitative estimate of drug-likeness (QED) is 0.781. The minimum Gasteiger partial charge on any atom is -0.487 e. The molecule has 0 aliphatic heterocycles. The largest absolute Gasteiger partial charge is 0.487 e. The number of carbonyl (C=O) groups is 1. The van der Waals surface area contributed by atoms with Crippen molar-refractivity contribution in [3.8, 4) is 5.06 Å². The number of thiophene rings is 1. The average molecular weight is 271 g/mol. The number of aldehydes is 1.